The largest absolute Gasteiger partial charge is 0.497 e. The lowest BCUT2D eigenvalue weighted by Crippen LogP contribution is -2.37. The van der Waals surface area contributed by atoms with Gasteiger partial charge < -0.3 is 14.8 Å². The molecule has 0 heterocycles. The van der Waals surface area contributed by atoms with Crippen LogP contribution in [0.2, 0.25) is 0 Å². The summed E-state index contributed by atoms with van der Waals surface area (Å²) in [4.78, 5) is 11.8. The molecule has 4 heteroatoms. The van der Waals surface area contributed by atoms with E-state index >= 15 is 0 Å². The summed E-state index contributed by atoms with van der Waals surface area (Å²) in [6.45, 7) is 6.68. The molecule has 1 N–H and O–H groups in total. The van der Waals surface area contributed by atoms with Gasteiger partial charge in [-0.3, -0.25) is 4.79 Å². The van der Waals surface area contributed by atoms with Gasteiger partial charge >= 0.3 is 0 Å². The summed E-state index contributed by atoms with van der Waals surface area (Å²) >= 11 is 0. The first-order valence-corrected chi connectivity index (χ1v) is 6.61. The molecule has 1 amide bonds. The third kappa shape index (κ3) is 5.64. The normalized spacial score (nSPS) is 12.1. The Balaban J connectivity index is 2.44. The van der Waals surface area contributed by atoms with Gasteiger partial charge in [0.15, 0.2) is 6.10 Å². The summed E-state index contributed by atoms with van der Waals surface area (Å²) in [5.41, 5.74) is 0. The molecular formula is C15H23NO3. The first-order valence-electron chi connectivity index (χ1n) is 6.61. The van der Waals surface area contributed by atoms with E-state index in [-0.39, 0.29) is 5.91 Å². The third-order valence-corrected chi connectivity index (χ3v) is 2.74. The molecule has 1 unspecified atom stereocenters. The predicted octanol–water partition coefficient (Wildman–Crippen LogP) is 2.62. The van der Waals surface area contributed by atoms with E-state index in [9.17, 15) is 4.79 Å². The fraction of sp³-hybridized carbons (Fsp3) is 0.533. The van der Waals surface area contributed by atoms with Gasteiger partial charge in [-0.15, -0.1) is 0 Å². The number of hydrogen-bond donors (Lipinski definition) is 1. The molecule has 0 aliphatic rings. The highest BCUT2D eigenvalue weighted by Gasteiger charge is 2.14. The molecule has 0 spiro atoms. The highest BCUT2D eigenvalue weighted by molar-refractivity contribution is 5.80. The van der Waals surface area contributed by atoms with Crippen molar-refractivity contribution < 1.29 is 14.3 Å². The Labute approximate surface area is 115 Å². The summed E-state index contributed by atoms with van der Waals surface area (Å²) in [5, 5.41) is 2.87. The monoisotopic (exact) mass is 265 g/mol. The molecule has 0 saturated heterocycles. The highest BCUT2D eigenvalue weighted by Crippen LogP contribution is 2.19. The molecule has 106 valence electrons. The molecule has 1 atom stereocenters. The van der Waals surface area contributed by atoms with Crippen LogP contribution in [0.3, 0.4) is 0 Å². The van der Waals surface area contributed by atoms with Crippen LogP contribution in [0.15, 0.2) is 24.3 Å². The van der Waals surface area contributed by atoms with Crippen LogP contribution in [0.25, 0.3) is 0 Å². The van der Waals surface area contributed by atoms with Crippen molar-refractivity contribution in [1.29, 1.82) is 0 Å². The van der Waals surface area contributed by atoms with Crippen LogP contribution < -0.4 is 14.8 Å². The van der Waals surface area contributed by atoms with Gasteiger partial charge in [0.25, 0.3) is 5.91 Å². The van der Waals surface area contributed by atoms with E-state index in [0.717, 1.165) is 6.42 Å². The molecule has 1 aromatic rings. The molecule has 0 saturated carbocycles. The molecular weight excluding hydrogens is 242 g/mol. The number of methoxy groups -OCH3 is 1. The minimum Gasteiger partial charge on any atom is -0.497 e. The van der Waals surface area contributed by atoms with Gasteiger partial charge in [-0.1, -0.05) is 19.9 Å². The quantitative estimate of drug-likeness (QED) is 0.824. The molecule has 1 rings (SSSR count). The zero-order valence-electron chi connectivity index (χ0n) is 12.1. The molecule has 0 fully saturated rings. The highest BCUT2D eigenvalue weighted by atomic mass is 16.5. The van der Waals surface area contributed by atoms with Crippen molar-refractivity contribution in [1.82, 2.24) is 5.32 Å². The van der Waals surface area contributed by atoms with E-state index in [1.807, 2.05) is 12.1 Å². The van der Waals surface area contributed by atoms with Crippen LogP contribution in [-0.2, 0) is 4.79 Å². The molecule has 1 aromatic carbocycles. The maximum absolute atomic E-state index is 11.8. The van der Waals surface area contributed by atoms with Crippen LogP contribution in [-0.4, -0.2) is 25.7 Å². The second-order valence-corrected chi connectivity index (χ2v) is 4.91. The van der Waals surface area contributed by atoms with Crippen molar-refractivity contribution in [2.45, 2.75) is 33.3 Å². The van der Waals surface area contributed by atoms with Crippen LogP contribution in [0.5, 0.6) is 11.5 Å². The number of rotatable bonds is 7. The van der Waals surface area contributed by atoms with Gasteiger partial charge in [-0.05, 0) is 31.4 Å². The molecule has 0 bridgehead atoms. The summed E-state index contributed by atoms with van der Waals surface area (Å²) < 4.78 is 10.7. The summed E-state index contributed by atoms with van der Waals surface area (Å²) in [6.07, 6.45) is 0.455. The average molecular weight is 265 g/mol. The Morgan fingerprint density at radius 2 is 1.95 bits per heavy atom. The maximum Gasteiger partial charge on any atom is 0.260 e. The average Bonchev–Trinajstić information content (AvgIpc) is 2.38. The number of hydrogen-bond acceptors (Lipinski definition) is 3. The van der Waals surface area contributed by atoms with Crippen molar-refractivity contribution in [2.24, 2.45) is 5.92 Å². The maximum atomic E-state index is 11.8. The number of carbonyl (C=O) groups excluding carboxylic acids is 1. The van der Waals surface area contributed by atoms with E-state index < -0.39 is 6.10 Å². The number of ether oxygens (including phenoxy) is 2. The van der Waals surface area contributed by atoms with Crippen molar-refractivity contribution >= 4 is 5.91 Å². The summed E-state index contributed by atoms with van der Waals surface area (Å²) in [5.74, 6) is 1.83. The van der Waals surface area contributed by atoms with Crippen LogP contribution in [0, 0.1) is 5.92 Å². The van der Waals surface area contributed by atoms with Gasteiger partial charge in [0, 0.05) is 12.6 Å². The fourth-order valence-electron chi connectivity index (χ4n) is 1.56. The van der Waals surface area contributed by atoms with Crippen LogP contribution in [0.1, 0.15) is 27.2 Å². The summed E-state index contributed by atoms with van der Waals surface area (Å²) in [7, 11) is 1.60. The molecule has 0 radical (unpaired) electrons. The predicted molar refractivity (Wildman–Crippen MR) is 75.5 cm³/mol. The Morgan fingerprint density at radius 1 is 1.26 bits per heavy atom. The smallest absolute Gasteiger partial charge is 0.260 e. The standard InChI is InChI=1S/C15H23NO3/c1-11(2)8-9-16-15(17)12(3)19-14-7-5-6-13(10-14)18-4/h5-7,10-12H,8-9H2,1-4H3,(H,16,17). The lowest BCUT2D eigenvalue weighted by molar-refractivity contribution is -0.127. The van der Waals surface area contributed by atoms with Gasteiger partial charge in [-0.2, -0.15) is 0 Å². The number of nitrogens with one attached hydrogen (secondary N) is 1. The van der Waals surface area contributed by atoms with Crippen LogP contribution in [0.4, 0.5) is 0 Å². The number of carbonyl (C=O) groups is 1. The minimum absolute atomic E-state index is 0.0940. The van der Waals surface area contributed by atoms with Gasteiger partial charge in [0.2, 0.25) is 0 Å². The van der Waals surface area contributed by atoms with E-state index in [0.29, 0.717) is 24.0 Å². The van der Waals surface area contributed by atoms with Gasteiger partial charge in [-0.25, -0.2) is 0 Å². The molecule has 0 aromatic heterocycles. The third-order valence-electron chi connectivity index (χ3n) is 2.74. The first kappa shape index (κ1) is 15.3. The van der Waals surface area contributed by atoms with Crippen molar-refractivity contribution in [2.75, 3.05) is 13.7 Å². The molecule has 0 aliphatic carbocycles. The minimum atomic E-state index is -0.515. The SMILES string of the molecule is COc1cccc(OC(C)C(=O)NCCC(C)C)c1. The van der Waals surface area contributed by atoms with E-state index in [2.05, 4.69) is 19.2 Å². The summed E-state index contributed by atoms with van der Waals surface area (Å²) in [6, 6.07) is 7.23. The van der Waals surface area contributed by atoms with E-state index in [1.54, 1.807) is 26.2 Å². The Morgan fingerprint density at radius 3 is 2.58 bits per heavy atom. The topological polar surface area (TPSA) is 47.6 Å². The second kappa shape index (κ2) is 7.67. The van der Waals surface area contributed by atoms with Crippen LogP contribution >= 0.6 is 0 Å². The Hall–Kier alpha value is -1.71. The molecule has 0 aliphatic heterocycles. The fourth-order valence-corrected chi connectivity index (χ4v) is 1.56. The van der Waals surface area contributed by atoms with E-state index in [4.69, 9.17) is 9.47 Å². The van der Waals surface area contributed by atoms with Crippen molar-refractivity contribution in [3.05, 3.63) is 24.3 Å². The molecule has 4 nitrogen and oxygen atoms in total. The lowest BCUT2D eigenvalue weighted by Gasteiger charge is -2.15. The van der Waals surface area contributed by atoms with Gasteiger partial charge in [0.05, 0.1) is 7.11 Å². The van der Waals surface area contributed by atoms with E-state index in [1.165, 1.54) is 0 Å². The number of amides is 1. The Kier molecular flexibility index (Phi) is 6.19. The van der Waals surface area contributed by atoms with Gasteiger partial charge in [0.1, 0.15) is 11.5 Å². The first-order chi connectivity index (χ1) is 9.02. The molecule has 19 heavy (non-hydrogen) atoms. The zero-order valence-corrected chi connectivity index (χ0v) is 12.1. The van der Waals surface area contributed by atoms with Crippen molar-refractivity contribution in [3.8, 4) is 11.5 Å². The lowest BCUT2D eigenvalue weighted by atomic mass is 10.1. The van der Waals surface area contributed by atoms with Crippen molar-refractivity contribution in [3.63, 3.8) is 0 Å². The number of benzene rings is 1. The Bertz CT molecular complexity index is 404. The zero-order chi connectivity index (χ0) is 14.3. The second-order valence-electron chi connectivity index (χ2n) is 4.91.